The van der Waals surface area contributed by atoms with Gasteiger partial charge in [0.2, 0.25) is 0 Å². The summed E-state index contributed by atoms with van der Waals surface area (Å²) in [5, 5.41) is 9.37. The summed E-state index contributed by atoms with van der Waals surface area (Å²) in [7, 11) is 2.98. The van der Waals surface area contributed by atoms with E-state index in [1.165, 1.54) is 14.2 Å². The number of hydrogen-bond donors (Lipinski definition) is 1. The van der Waals surface area contributed by atoms with Gasteiger partial charge < -0.3 is 9.84 Å². The Labute approximate surface area is 202 Å². The van der Waals surface area contributed by atoms with Gasteiger partial charge >= 0.3 is 6.09 Å². The number of fused-ring (bicyclic) bond motifs is 1. The van der Waals surface area contributed by atoms with Crippen molar-refractivity contribution < 1.29 is 23.4 Å². The molecule has 2 aromatic heterocycles. The largest absolute Gasteiger partial charge is 0.495 e. The number of carboxylic acid groups (broad SMARTS) is 1. The molecule has 2 fully saturated rings. The van der Waals surface area contributed by atoms with E-state index in [0.29, 0.717) is 11.4 Å². The highest BCUT2D eigenvalue weighted by Crippen LogP contribution is 2.41. The number of amides is 1. The van der Waals surface area contributed by atoms with Gasteiger partial charge in [-0.25, -0.2) is 18.6 Å². The highest BCUT2D eigenvalue weighted by molar-refractivity contribution is 5.89. The first-order chi connectivity index (χ1) is 16.7. The maximum absolute atomic E-state index is 13.3. The number of nitrogens with zero attached hydrogens (tertiary/aromatic N) is 5. The average molecular weight is 486 g/mol. The highest BCUT2D eigenvalue weighted by atomic mass is 19.3. The molecule has 8 nitrogen and oxygen atoms in total. The van der Waals surface area contributed by atoms with Crippen molar-refractivity contribution in [3.05, 3.63) is 42.1 Å². The average Bonchev–Trinajstić information content (AvgIpc) is 3.22. The van der Waals surface area contributed by atoms with E-state index in [1.807, 2.05) is 24.1 Å². The van der Waals surface area contributed by atoms with E-state index in [-0.39, 0.29) is 25.0 Å². The summed E-state index contributed by atoms with van der Waals surface area (Å²) < 4.78 is 34.2. The van der Waals surface area contributed by atoms with E-state index in [1.54, 1.807) is 18.3 Å². The number of imidazole rings is 1. The molecule has 0 radical (unpaired) electrons. The fourth-order valence-electron chi connectivity index (χ4n) is 5.42. The van der Waals surface area contributed by atoms with Crippen LogP contribution in [0.15, 0.2) is 30.6 Å². The van der Waals surface area contributed by atoms with E-state index in [9.17, 15) is 18.7 Å². The maximum atomic E-state index is 13.3. The summed E-state index contributed by atoms with van der Waals surface area (Å²) in [6, 6.07) is 5.57. The van der Waals surface area contributed by atoms with Crippen LogP contribution in [0.25, 0.3) is 16.8 Å². The number of benzene rings is 1. The molecule has 5 rings (SSSR count). The number of likely N-dealkylation sites (tertiary alicyclic amines) is 1. The van der Waals surface area contributed by atoms with Gasteiger partial charge in [0.05, 0.1) is 42.8 Å². The molecule has 1 amide bonds. The molecule has 1 aromatic carbocycles. The zero-order valence-corrected chi connectivity index (χ0v) is 20.0. The van der Waals surface area contributed by atoms with E-state index in [2.05, 4.69) is 9.38 Å². The molecular weight excluding hydrogens is 456 g/mol. The third-order valence-corrected chi connectivity index (χ3v) is 7.31. The minimum atomic E-state index is -2.54. The first-order valence-electron chi connectivity index (χ1n) is 11.8. The zero-order valence-electron chi connectivity index (χ0n) is 20.0. The number of halogens is 2. The van der Waals surface area contributed by atoms with Crippen LogP contribution >= 0.6 is 0 Å². The van der Waals surface area contributed by atoms with Gasteiger partial charge in [0.1, 0.15) is 11.6 Å². The standard InChI is InChI=1S/C25H29F2N5O3/c1-15-22-21(17-6-9-19(20(12-17)35-3)30(2)24(33)34)29-23(32(22)11-10-28-15)16-4-7-18(8-5-16)31-13-25(26,27)14-31/h6,9-12,16,18H,4-5,7-8,13-14H2,1-3H3,(H,33,34)/t16-,18-. The number of ether oxygens (including phenoxy) is 1. The second-order valence-electron chi connectivity index (χ2n) is 9.54. The Morgan fingerprint density at radius 2 is 1.94 bits per heavy atom. The fraction of sp³-hybridized carbons (Fsp3) is 0.480. The SMILES string of the molecule is COc1cc(-c2nc([C@H]3CC[C@H](N4CC(F)(F)C4)CC3)n3ccnc(C)c23)ccc1N(C)C(=O)O. The lowest BCUT2D eigenvalue weighted by molar-refractivity contribution is -0.150. The fourth-order valence-corrected chi connectivity index (χ4v) is 5.42. The number of hydrogen-bond acceptors (Lipinski definition) is 5. The quantitative estimate of drug-likeness (QED) is 0.559. The number of aryl methyl sites for hydroxylation is 1. The molecule has 1 aliphatic carbocycles. The second-order valence-corrected chi connectivity index (χ2v) is 9.54. The predicted molar refractivity (Wildman–Crippen MR) is 128 cm³/mol. The molecule has 0 bridgehead atoms. The van der Waals surface area contributed by atoms with E-state index >= 15 is 0 Å². The van der Waals surface area contributed by atoms with Gasteiger partial charge in [0, 0.05) is 37.0 Å². The minimum Gasteiger partial charge on any atom is -0.495 e. The maximum Gasteiger partial charge on any atom is 0.411 e. The molecule has 1 saturated heterocycles. The summed E-state index contributed by atoms with van der Waals surface area (Å²) in [6.07, 6.45) is 6.12. The van der Waals surface area contributed by atoms with Gasteiger partial charge in [-0.05, 0) is 44.7 Å². The normalized spacial score (nSPS) is 22.1. The van der Waals surface area contributed by atoms with E-state index in [0.717, 1.165) is 58.9 Å². The van der Waals surface area contributed by atoms with Crippen LogP contribution < -0.4 is 9.64 Å². The number of rotatable bonds is 5. The summed E-state index contributed by atoms with van der Waals surface area (Å²) >= 11 is 0. The highest BCUT2D eigenvalue weighted by Gasteiger charge is 2.47. The number of anilines is 1. The third-order valence-electron chi connectivity index (χ3n) is 7.31. The van der Waals surface area contributed by atoms with Gasteiger partial charge in [-0.15, -0.1) is 0 Å². The molecule has 0 atom stereocenters. The van der Waals surface area contributed by atoms with Gasteiger partial charge in [-0.3, -0.25) is 19.2 Å². The molecule has 1 saturated carbocycles. The van der Waals surface area contributed by atoms with Crippen molar-refractivity contribution in [2.24, 2.45) is 0 Å². The van der Waals surface area contributed by atoms with E-state index < -0.39 is 12.0 Å². The first-order valence-corrected chi connectivity index (χ1v) is 11.8. The van der Waals surface area contributed by atoms with Gasteiger partial charge in [-0.1, -0.05) is 6.07 Å². The molecular formula is C25H29F2N5O3. The Morgan fingerprint density at radius 3 is 2.57 bits per heavy atom. The molecule has 35 heavy (non-hydrogen) atoms. The Hall–Kier alpha value is -3.27. The Bertz CT molecular complexity index is 1260. The molecule has 1 N–H and O–H groups in total. The molecule has 0 unspecified atom stereocenters. The summed E-state index contributed by atoms with van der Waals surface area (Å²) in [4.78, 5) is 24.0. The number of alkyl halides is 2. The van der Waals surface area contributed by atoms with Crippen molar-refractivity contribution in [3.8, 4) is 17.0 Å². The zero-order chi connectivity index (χ0) is 24.9. The lowest BCUT2D eigenvalue weighted by atomic mass is 9.83. The lowest BCUT2D eigenvalue weighted by Gasteiger charge is -2.46. The summed E-state index contributed by atoms with van der Waals surface area (Å²) in [5.74, 6) is -0.941. The third kappa shape index (κ3) is 4.20. The summed E-state index contributed by atoms with van der Waals surface area (Å²) in [5.41, 5.74) is 3.74. The molecule has 0 spiro atoms. The van der Waals surface area contributed by atoms with Crippen molar-refractivity contribution in [1.82, 2.24) is 19.3 Å². The van der Waals surface area contributed by atoms with Crippen LogP contribution in [-0.4, -0.2) is 69.7 Å². The van der Waals surface area contributed by atoms with Crippen LogP contribution in [0.2, 0.25) is 0 Å². The lowest BCUT2D eigenvalue weighted by Crippen LogP contribution is -2.60. The van der Waals surface area contributed by atoms with Crippen LogP contribution in [-0.2, 0) is 0 Å². The van der Waals surface area contributed by atoms with Crippen LogP contribution in [0.5, 0.6) is 5.75 Å². The van der Waals surface area contributed by atoms with Gasteiger partial charge in [-0.2, -0.15) is 0 Å². The predicted octanol–water partition coefficient (Wildman–Crippen LogP) is 4.80. The van der Waals surface area contributed by atoms with Crippen LogP contribution in [0.1, 0.15) is 43.1 Å². The van der Waals surface area contributed by atoms with Gasteiger partial charge in [0.25, 0.3) is 5.92 Å². The van der Waals surface area contributed by atoms with Crippen molar-refractivity contribution in [3.63, 3.8) is 0 Å². The minimum absolute atomic E-state index is 0.126. The van der Waals surface area contributed by atoms with E-state index in [4.69, 9.17) is 9.72 Å². The number of methoxy groups -OCH3 is 1. The number of carbonyl (C=O) groups is 1. The first kappa shape index (κ1) is 23.5. The van der Waals surface area contributed by atoms with Crippen molar-refractivity contribution >= 4 is 17.3 Å². The van der Waals surface area contributed by atoms with Crippen molar-refractivity contribution in [2.75, 3.05) is 32.1 Å². The monoisotopic (exact) mass is 485 g/mol. The van der Waals surface area contributed by atoms with Gasteiger partial charge in [0.15, 0.2) is 0 Å². The van der Waals surface area contributed by atoms with Crippen LogP contribution in [0.3, 0.4) is 0 Å². The number of aromatic nitrogens is 3. The molecule has 10 heteroatoms. The summed E-state index contributed by atoms with van der Waals surface area (Å²) in [6.45, 7) is 1.69. The Kier molecular flexibility index (Phi) is 5.86. The van der Waals surface area contributed by atoms with Crippen molar-refractivity contribution in [1.29, 1.82) is 0 Å². The van der Waals surface area contributed by atoms with Crippen LogP contribution in [0, 0.1) is 6.92 Å². The Morgan fingerprint density at radius 1 is 1.23 bits per heavy atom. The molecule has 3 heterocycles. The second kappa shape index (κ2) is 8.75. The smallest absolute Gasteiger partial charge is 0.411 e. The Balaban J connectivity index is 1.47. The molecule has 3 aromatic rings. The molecule has 186 valence electrons. The van der Waals surface area contributed by atoms with Crippen LogP contribution in [0.4, 0.5) is 19.3 Å². The molecule has 2 aliphatic rings. The molecule has 1 aliphatic heterocycles. The topological polar surface area (TPSA) is 83.2 Å². The van der Waals surface area contributed by atoms with Crippen molar-refractivity contribution in [2.45, 2.75) is 50.5 Å².